The second-order valence-corrected chi connectivity index (χ2v) is 2.97. The van der Waals surface area contributed by atoms with Crippen molar-refractivity contribution in [2.24, 2.45) is 5.92 Å². The van der Waals surface area contributed by atoms with Crippen LogP contribution in [-0.2, 0) is 9.53 Å². The first-order chi connectivity index (χ1) is 5.16. The molecule has 11 heavy (non-hydrogen) atoms. The molecule has 0 aliphatic heterocycles. The van der Waals surface area contributed by atoms with E-state index in [0.29, 0.717) is 25.4 Å². The number of ether oxygens (including phenoxy) is 1. The first-order valence-electron chi connectivity index (χ1n) is 4.02. The minimum Gasteiger partial charge on any atom is -0.465 e. The Kier molecular flexibility index (Phi) is 5.90. The average Bonchev–Trinajstić information content (AvgIpc) is 1.97. The van der Waals surface area contributed by atoms with Gasteiger partial charge >= 0.3 is 5.97 Å². The molecule has 64 valence electrons. The molecule has 0 unspecified atom stereocenters. The highest BCUT2D eigenvalue weighted by molar-refractivity contribution is 5.69. The van der Waals surface area contributed by atoms with Crippen molar-refractivity contribution in [2.75, 3.05) is 6.61 Å². The van der Waals surface area contributed by atoms with Gasteiger partial charge in [-0.05, 0) is 25.7 Å². The molecule has 2 nitrogen and oxygen atoms in total. The van der Waals surface area contributed by atoms with Crippen LogP contribution >= 0.6 is 0 Å². The molecule has 0 aliphatic carbocycles. The highest BCUT2D eigenvalue weighted by Gasteiger charge is 2.02. The molecule has 0 amide bonds. The van der Waals surface area contributed by atoms with Crippen molar-refractivity contribution in [3.63, 3.8) is 0 Å². The fourth-order valence-corrected chi connectivity index (χ4v) is 0.578. The van der Waals surface area contributed by atoms with E-state index in [9.17, 15) is 4.79 Å². The third kappa shape index (κ3) is 7.37. The molecule has 0 fully saturated rings. The van der Waals surface area contributed by atoms with Crippen LogP contribution in [0.5, 0.6) is 0 Å². The topological polar surface area (TPSA) is 26.3 Å². The molecule has 0 aromatic heterocycles. The zero-order valence-electron chi connectivity index (χ0n) is 7.30. The third-order valence-electron chi connectivity index (χ3n) is 1.16. The van der Waals surface area contributed by atoms with Crippen molar-refractivity contribution >= 4 is 5.97 Å². The van der Waals surface area contributed by atoms with Gasteiger partial charge in [0.1, 0.15) is 0 Å². The average molecular weight is 156 g/mol. The molecule has 0 heterocycles. The van der Waals surface area contributed by atoms with Crippen molar-refractivity contribution in [1.29, 1.82) is 0 Å². The molecule has 0 rings (SSSR count). The van der Waals surface area contributed by atoms with Crippen LogP contribution in [0.1, 0.15) is 33.1 Å². The van der Waals surface area contributed by atoms with E-state index in [-0.39, 0.29) is 5.97 Å². The Hall–Kier alpha value is -0.530. The number of hydrogen-bond acceptors (Lipinski definition) is 2. The maximum atomic E-state index is 10.8. The van der Waals surface area contributed by atoms with Crippen LogP contribution in [0.2, 0.25) is 0 Å². The number of rotatable bonds is 5. The lowest BCUT2D eigenvalue weighted by molar-refractivity contribution is -0.144. The Labute approximate surface area is 68.9 Å². The van der Waals surface area contributed by atoms with Gasteiger partial charge in [-0.2, -0.15) is 0 Å². The zero-order chi connectivity index (χ0) is 8.69. The van der Waals surface area contributed by atoms with Crippen molar-refractivity contribution in [1.82, 2.24) is 0 Å². The summed E-state index contributed by atoms with van der Waals surface area (Å²) in [4.78, 5) is 10.8. The maximum absolute atomic E-state index is 10.8. The van der Waals surface area contributed by atoms with Gasteiger partial charge in [-0.1, -0.05) is 13.8 Å². The molecule has 0 saturated carbocycles. The fourth-order valence-electron chi connectivity index (χ4n) is 0.578. The minimum absolute atomic E-state index is 0.135. The monoisotopic (exact) mass is 156 g/mol. The zero-order valence-corrected chi connectivity index (χ0v) is 7.30. The van der Waals surface area contributed by atoms with E-state index in [1.165, 1.54) is 0 Å². The Morgan fingerprint density at radius 3 is 2.64 bits per heavy atom. The van der Waals surface area contributed by atoms with Gasteiger partial charge in [0.25, 0.3) is 0 Å². The Balaban J connectivity index is 3.23. The van der Waals surface area contributed by atoms with E-state index >= 15 is 0 Å². The summed E-state index contributed by atoms with van der Waals surface area (Å²) >= 11 is 0. The summed E-state index contributed by atoms with van der Waals surface area (Å²) in [6.07, 6.45) is 1.72. The molecule has 0 bridgehead atoms. The van der Waals surface area contributed by atoms with Gasteiger partial charge in [0.05, 0.1) is 6.61 Å². The molecule has 2 heteroatoms. The molecular formula is C9H16O2. The number of esters is 1. The molecule has 0 aliphatic rings. The van der Waals surface area contributed by atoms with Crippen LogP contribution in [0.25, 0.3) is 0 Å². The number of carbonyl (C=O) groups is 1. The molecule has 0 saturated heterocycles. The number of unbranched alkanes of at least 4 members (excludes halogenated alkanes) is 1. The van der Waals surface area contributed by atoms with E-state index in [2.05, 4.69) is 0 Å². The van der Waals surface area contributed by atoms with Gasteiger partial charge in [0.15, 0.2) is 0 Å². The molecule has 0 N–H and O–H groups in total. The first kappa shape index (κ1) is 10.5. The predicted octanol–water partition coefficient (Wildman–Crippen LogP) is 2.07. The Morgan fingerprint density at radius 1 is 1.55 bits per heavy atom. The highest BCUT2D eigenvalue weighted by Crippen LogP contribution is 1.99. The Morgan fingerprint density at radius 2 is 2.18 bits per heavy atom. The smallest absolute Gasteiger partial charge is 0.305 e. The summed E-state index contributed by atoms with van der Waals surface area (Å²) in [6.45, 7) is 9.76. The van der Waals surface area contributed by atoms with Gasteiger partial charge in [-0.3, -0.25) is 4.79 Å². The van der Waals surface area contributed by atoms with E-state index in [4.69, 9.17) is 11.7 Å². The van der Waals surface area contributed by atoms with Crippen LogP contribution in [0.4, 0.5) is 0 Å². The van der Waals surface area contributed by atoms with Crippen LogP contribution in [0, 0.1) is 12.8 Å². The van der Waals surface area contributed by atoms with E-state index in [1.54, 1.807) is 0 Å². The first-order valence-corrected chi connectivity index (χ1v) is 4.02. The lowest BCUT2D eigenvalue weighted by Crippen LogP contribution is -2.09. The van der Waals surface area contributed by atoms with E-state index in [1.807, 2.05) is 13.8 Å². The summed E-state index contributed by atoms with van der Waals surface area (Å²) in [7, 11) is 0. The third-order valence-corrected chi connectivity index (χ3v) is 1.16. The van der Waals surface area contributed by atoms with Crippen LogP contribution < -0.4 is 0 Å². The maximum Gasteiger partial charge on any atom is 0.305 e. The summed E-state index contributed by atoms with van der Waals surface area (Å²) in [5.41, 5.74) is 0. The quantitative estimate of drug-likeness (QED) is 0.569. The predicted molar refractivity (Wildman–Crippen MR) is 43.9 cm³/mol. The van der Waals surface area contributed by atoms with Crippen molar-refractivity contribution < 1.29 is 9.53 Å². The molecular weight excluding hydrogens is 140 g/mol. The van der Waals surface area contributed by atoms with Gasteiger partial charge in [0.2, 0.25) is 0 Å². The van der Waals surface area contributed by atoms with Crippen molar-refractivity contribution in [3.05, 3.63) is 6.92 Å². The van der Waals surface area contributed by atoms with Crippen LogP contribution in [0.15, 0.2) is 0 Å². The lowest BCUT2D eigenvalue weighted by Gasteiger charge is -2.05. The van der Waals surface area contributed by atoms with Gasteiger partial charge in [-0.25, -0.2) is 0 Å². The molecule has 0 aromatic carbocycles. The standard InChI is InChI=1S/C9H16O2/c1-4-5-6-9(10)11-7-8(2)3/h1,8H,4-7H2,2-3H3. The molecule has 0 spiro atoms. The van der Waals surface area contributed by atoms with Crippen molar-refractivity contribution in [3.8, 4) is 0 Å². The summed E-state index contributed by atoms with van der Waals surface area (Å²) in [5.74, 6) is 0.279. The summed E-state index contributed by atoms with van der Waals surface area (Å²) < 4.78 is 4.91. The number of carbonyl (C=O) groups excluding carboxylic acids is 1. The lowest BCUT2D eigenvalue weighted by atomic mass is 10.2. The molecule has 2 radical (unpaired) electrons. The Bertz CT molecular complexity index is 108. The largest absolute Gasteiger partial charge is 0.465 e. The van der Waals surface area contributed by atoms with Gasteiger partial charge in [-0.15, -0.1) is 0 Å². The second kappa shape index (κ2) is 6.20. The van der Waals surface area contributed by atoms with Gasteiger partial charge < -0.3 is 4.74 Å². The normalized spacial score (nSPS) is 10.2. The summed E-state index contributed by atoms with van der Waals surface area (Å²) in [6, 6.07) is 0. The fraction of sp³-hybridized carbons (Fsp3) is 0.778. The molecule has 0 atom stereocenters. The number of hydrogen-bond donors (Lipinski definition) is 0. The van der Waals surface area contributed by atoms with E-state index < -0.39 is 0 Å². The van der Waals surface area contributed by atoms with Gasteiger partial charge in [0, 0.05) is 6.42 Å². The highest BCUT2D eigenvalue weighted by atomic mass is 16.5. The van der Waals surface area contributed by atoms with E-state index in [0.717, 1.165) is 6.42 Å². The minimum atomic E-state index is -0.135. The van der Waals surface area contributed by atoms with Crippen LogP contribution in [-0.4, -0.2) is 12.6 Å². The molecule has 0 aromatic rings. The SMILES string of the molecule is [CH]CCCC(=O)OCC(C)C. The van der Waals surface area contributed by atoms with Crippen molar-refractivity contribution in [2.45, 2.75) is 33.1 Å². The van der Waals surface area contributed by atoms with Crippen LogP contribution in [0.3, 0.4) is 0 Å². The summed E-state index contributed by atoms with van der Waals surface area (Å²) in [5, 5.41) is 0. The second-order valence-electron chi connectivity index (χ2n) is 2.97.